The van der Waals surface area contributed by atoms with Crippen molar-refractivity contribution in [3.63, 3.8) is 0 Å². The molecule has 0 atom stereocenters. The zero-order valence-corrected chi connectivity index (χ0v) is 11.5. The van der Waals surface area contributed by atoms with Crippen LogP contribution in [0, 0.1) is 23.7 Å². The molecule has 0 aromatic heterocycles. The lowest BCUT2D eigenvalue weighted by atomic mass is 9.89. The van der Waals surface area contributed by atoms with Gasteiger partial charge in [0.05, 0.1) is 23.0 Å². The highest BCUT2D eigenvalue weighted by molar-refractivity contribution is 7.86. The van der Waals surface area contributed by atoms with E-state index in [1.54, 1.807) is 12.1 Å². The first-order valence-corrected chi connectivity index (χ1v) is 7.41. The molecule has 100 valence electrons. The van der Waals surface area contributed by atoms with Gasteiger partial charge in [-0.1, -0.05) is 29.8 Å². The number of rotatable bonds is 4. The van der Waals surface area contributed by atoms with Crippen molar-refractivity contribution in [3.8, 4) is 6.07 Å². The molecule has 4 nitrogen and oxygen atoms in total. The van der Waals surface area contributed by atoms with Gasteiger partial charge in [-0.25, -0.2) is 0 Å². The van der Waals surface area contributed by atoms with Gasteiger partial charge >= 0.3 is 0 Å². The van der Waals surface area contributed by atoms with Gasteiger partial charge in [-0.05, 0) is 31.9 Å². The van der Waals surface area contributed by atoms with E-state index in [-0.39, 0.29) is 11.5 Å². The van der Waals surface area contributed by atoms with Crippen molar-refractivity contribution in [1.82, 2.24) is 0 Å². The number of hydrogen-bond donors (Lipinski definition) is 0. The zero-order valence-electron chi connectivity index (χ0n) is 10.7. The monoisotopic (exact) mass is 277 g/mol. The van der Waals surface area contributed by atoms with E-state index in [1.165, 1.54) is 12.1 Å². The Hall–Kier alpha value is -1.64. The first-order valence-electron chi connectivity index (χ1n) is 6.00. The molecule has 0 amide bonds. The van der Waals surface area contributed by atoms with Crippen molar-refractivity contribution in [1.29, 1.82) is 5.26 Å². The van der Waals surface area contributed by atoms with Gasteiger partial charge in [-0.3, -0.25) is 4.18 Å². The Morgan fingerprint density at radius 2 is 1.84 bits per heavy atom. The first kappa shape index (κ1) is 13.8. The van der Waals surface area contributed by atoms with Crippen LogP contribution in [0.25, 0.3) is 0 Å². The molecule has 0 unspecified atom stereocenters. The van der Waals surface area contributed by atoms with Crippen molar-refractivity contribution < 1.29 is 12.6 Å². The van der Waals surface area contributed by atoms with Crippen LogP contribution in [-0.2, 0) is 14.3 Å². The number of aryl methyl sites for hydroxylation is 1. The molecular weight excluding hydrogens is 262 g/mol. The van der Waals surface area contributed by atoms with E-state index in [4.69, 9.17) is 9.44 Å². The molecular formula is C14H15NO3S. The van der Waals surface area contributed by atoms with Crippen LogP contribution < -0.4 is 0 Å². The number of nitriles is 1. The van der Waals surface area contributed by atoms with E-state index < -0.39 is 15.5 Å². The Balaban J connectivity index is 2.10. The fourth-order valence-electron chi connectivity index (χ4n) is 1.91. The zero-order chi connectivity index (χ0) is 13.9. The summed E-state index contributed by atoms with van der Waals surface area (Å²) in [5.41, 5.74) is 0.241. The van der Waals surface area contributed by atoms with Crippen molar-refractivity contribution in [2.75, 3.05) is 6.61 Å². The molecule has 0 N–H and O–H groups in total. The number of hydrogen-bond acceptors (Lipinski definition) is 4. The average molecular weight is 277 g/mol. The van der Waals surface area contributed by atoms with Crippen LogP contribution in [-0.4, -0.2) is 15.0 Å². The smallest absolute Gasteiger partial charge is 0.265 e. The number of nitrogens with zero attached hydrogens (tertiary/aromatic N) is 1. The Bertz CT molecular complexity index is 616. The molecule has 0 saturated carbocycles. The molecule has 1 aromatic carbocycles. The molecule has 0 radical (unpaired) electrons. The minimum atomic E-state index is -3.79. The lowest BCUT2D eigenvalue weighted by Gasteiger charge is -2.19. The molecule has 1 aromatic rings. The normalized spacial score (nSPS) is 17.3. The summed E-state index contributed by atoms with van der Waals surface area (Å²) in [6.45, 7) is 1.78. The van der Waals surface area contributed by atoms with E-state index in [0.717, 1.165) is 5.56 Å². The fraction of sp³-hybridized carbons (Fsp3) is 0.357. The first-order chi connectivity index (χ1) is 8.97. The van der Waals surface area contributed by atoms with Crippen LogP contribution in [0.15, 0.2) is 41.3 Å². The highest BCUT2D eigenvalue weighted by Crippen LogP contribution is 2.33. The summed E-state index contributed by atoms with van der Waals surface area (Å²) in [5, 5.41) is 9.16. The van der Waals surface area contributed by atoms with Gasteiger partial charge in [0.25, 0.3) is 10.1 Å². The summed E-state index contributed by atoms with van der Waals surface area (Å²) >= 11 is 0. The molecule has 0 fully saturated rings. The minimum absolute atomic E-state index is 0.104. The summed E-state index contributed by atoms with van der Waals surface area (Å²) in [6.07, 6.45) is 4.83. The van der Waals surface area contributed by atoms with E-state index in [1.807, 2.05) is 19.1 Å². The van der Waals surface area contributed by atoms with Crippen LogP contribution >= 0.6 is 0 Å². The van der Waals surface area contributed by atoms with Gasteiger partial charge in [-0.2, -0.15) is 13.7 Å². The molecule has 19 heavy (non-hydrogen) atoms. The van der Waals surface area contributed by atoms with Crippen molar-refractivity contribution in [2.24, 2.45) is 5.41 Å². The van der Waals surface area contributed by atoms with Gasteiger partial charge in [-0.15, -0.1) is 0 Å². The fourth-order valence-corrected chi connectivity index (χ4v) is 2.89. The van der Waals surface area contributed by atoms with Crippen molar-refractivity contribution >= 4 is 10.1 Å². The summed E-state index contributed by atoms with van der Waals surface area (Å²) in [7, 11) is -3.79. The molecule has 0 spiro atoms. The molecule has 0 heterocycles. The van der Waals surface area contributed by atoms with Crippen LogP contribution in [0.1, 0.15) is 18.4 Å². The Labute approximate surface area is 113 Å². The van der Waals surface area contributed by atoms with Crippen LogP contribution in [0.5, 0.6) is 0 Å². The number of benzene rings is 1. The predicted octanol–water partition coefficient (Wildman–Crippen LogP) is 2.56. The predicted molar refractivity (Wildman–Crippen MR) is 70.7 cm³/mol. The van der Waals surface area contributed by atoms with Crippen LogP contribution in [0.4, 0.5) is 0 Å². The quantitative estimate of drug-likeness (QED) is 0.626. The summed E-state index contributed by atoms with van der Waals surface area (Å²) in [6, 6.07) is 8.61. The van der Waals surface area contributed by atoms with Gasteiger partial charge in [0.1, 0.15) is 0 Å². The lowest BCUT2D eigenvalue weighted by molar-refractivity contribution is 0.212. The Morgan fingerprint density at radius 1 is 1.26 bits per heavy atom. The standard InChI is InChI=1S/C14H15NO3S/c1-12-4-6-13(7-5-12)19(16,17)18-11-14(10-15)8-2-3-9-14/h2-7H,8-9,11H2,1H3. The van der Waals surface area contributed by atoms with E-state index in [0.29, 0.717) is 12.8 Å². The molecule has 0 bridgehead atoms. The third-order valence-corrected chi connectivity index (χ3v) is 4.50. The van der Waals surface area contributed by atoms with E-state index in [9.17, 15) is 8.42 Å². The van der Waals surface area contributed by atoms with E-state index in [2.05, 4.69) is 6.07 Å². The van der Waals surface area contributed by atoms with Crippen LogP contribution in [0.2, 0.25) is 0 Å². The summed E-state index contributed by atoms with van der Waals surface area (Å²) < 4.78 is 29.1. The lowest BCUT2D eigenvalue weighted by Crippen LogP contribution is -2.24. The molecule has 1 aliphatic rings. The third-order valence-electron chi connectivity index (χ3n) is 3.22. The number of allylic oxidation sites excluding steroid dienone is 2. The Kier molecular flexibility index (Phi) is 3.74. The third kappa shape index (κ3) is 3.03. The second-order valence-electron chi connectivity index (χ2n) is 4.80. The average Bonchev–Trinajstić information content (AvgIpc) is 2.87. The van der Waals surface area contributed by atoms with Crippen molar-refractivity contribution in [2.45, 2.75) is 24.7 Å². The largest absolute Gasteiger partial charge is 0.297 e. The maximum absolute atomic E-state index is 12.0. The summed E-state index contributed by atoms with van der Waals surface area (Å²) in [4.78, 5) is 0.122. The highest BCUT2D eigenvalue weighted by atomic mass is 32.2. The van der Waals surface area contributed by atoms with Gasteiger partial charge in [0.15, 0.2) is 0 Å². The molecule has 2 rings (SSSR count). The highest BCUT2D eigenvalue weighted by Gasteiger charge is 2.33. The molecule has 1 aliphatic carbocycles. The minimum Gasteiger partial charge on any atom is -0.265 e. The maximum Gasteiger partial charge on any atom is 0.297 e. The van der Waals surface area contributed by atoms with Gasteiger partial charge in [0.2, 0.25) is 0 Å². The topological polar surface area (TPSA) is 67.2 Å². The molecule has 0 saturated heterocycles. The molecule has 0 aliphatic heterocycles. The Morgan fingerprint density at radius 3 is 2.37 bits per heavy atom. The van der Waals surface area contributed by atoms with E-state index >= 15 is 0 Å². The van der Waals surface area contributed by atoms with Crippen LogP contribution in [0.3, 0.4) is 0 Å². The van der Waals surface area contributed by atoms with Gasteiger partial charge < -0.3 is 0 Å². The SMILES string of the molecule is Cc1ccc(S(=O)(=O)OCC2(C#N)CC=CC2)cc1. The van der Waals surface area contributed by atoms with Crippen molar-refractivity contribution in [3.05, 3.63) is 42.0 Å². The second-order valence-corrected chi connectivity index (χ2v) is 6.42. The molecule has 5 heteroatoms. The maximum atomic E-state index is 12.0. The summed E-state index contributed by atoms with van der Waals surface area (Å²) in [5.74, 6) is 0. The van der Waals surface area contributed by atoms with Gasteiger partial charge in [0, 0.05) is 0 Å². The second kappa shape index (κ2) is 5.16.